The fourth-order valence-corrected chi connectivity index (χ4v) is 3.73. The third kappa shape index (κ3) is 7.93. The number of carbonyl (C=O) groups is 5. The third-order valence-corrected chi connectivity index (χ3v) is 5.66. The number of aliphatic carboxylic acids is 1. The standard InChI is InChI=1S/C22H31N5O8/c23-14(7-8-18(24)30)19(31)25-15(10-12-3-5-13(29)6-4-12)21(33)27-9-1-2-17(27)20(32)26-16(11-28)22(34)35/h3-6,14-17,28-29H,1-2,7-11,23H2,(H2,24,30)(H,25,31)(H,26,32)(H,34,35). The molecule has 9 N–H and O–H groups in total. The molecular weight excluding hydrogens is 462 g/mol. The highest BCUT2D eigenvalue weighted by Crippen LogP contribution is 2.20. The lowest BCUT2D eigenvalue weighted by Crippen LogP contribution is -2.57. The predicted molar refractivity (Wildman–Crippen MR) is 122 cm³/mol. The van der Waals surface area contributed by atoms with Crippen molar-refractivity contribution < 1.29 is 39.3 Å². The van der Waals surface area contributed by atoms with Gasteiger partial charge in [-0.25, -0.2) is 4.79 Å². The van der Waals surface area contributed by atoms with Crippen molar-refractivity contribution in [1.29, 1.82) is 0 Å². The van der Waals surface area contributed by atoms with Gasteiger partial charge in [0.2, 0.25) is 23.6 Å². The van der Waals surface area contributed by atoms with Gasteiger partial charge in [-0.1, -0.05) is 12.1 Å². The lowest BCUT2D eigenvalue weighted by Gasteiger charge is -2.30. The van der Waals surface area contributed by atoms with Crippen molar-refractivity contribution in [2.45, 2.75) is 56.3 Å². The number of rotatable bonds is 12. The van der Waals surface area contributed by atoms with E-state index in [-0.39, 0.29) is 38.0 Å². The Bertz CT molecular complexity index is 938. The zero-order chi connectivity index (χ0) is 26.1. The number of phenolic OH excluding ortho intramolecular Hbond substituents is 1. The summed E-state index contributed by atoms with van der Waals surface area (Å²) >= 11 is 0. The van der Waals surface area contributed by atoms with Crippen LogP contribution in [0.5, 0.6) is 5.75 Å². The number of carboxylic acids is 1. The lowest BCUT2D eigenvalue weighted by atomic mass is 10.0. The molecule has 2 rings (SSSR count). The van der Waals surface area contributed by atoms with E-state index in [0.29, 0.717) is 12.0 Å². The van der Waals surface area contributed by atoms with Gasteiger partial charge in [0.15, 0.2) is 0 Å². The number of carboxylic acid groups (broad SMARTS) is 1. The summed E-state index contributed by atoms with van der Waals surface area (Å²) in [7, 11) is 0. The van der Waals surface area contributed by atoms with Crippen molar-refractivity contribution in [3.8, 4) is 5.75 Å². The molecule has 0 aromatic heterocycles. The molecule has 13 heteroatoms. The Kier molecular flexibility index (Phi) is 9.97. The number of benzene rings is 1. The molecular formula is C22H31N5O8. The number of hydrogen-bond donors (Lipinski definition) is 7. The van der Waals surface area contributed by atoms with E-state index in [1.807, 2.05) is 0 Å². The van der Waals surface area contributed by atoms with Crippen LogP contribution in [0.4, 0.5) is 0 Å². The number of likely N-dealkylation sites (tertiary alicyclic amines) is 1. The van der Waals surface area contributed by atoms with E-state index < -0.39 is 60.4 Å². The second kappa shape index (κ2) is 12.7. The highest BCUT2D eigenvalue weighted by molar-refractivity contribution is 5.94. The second-order valence-electron chi connectivity index (χ2n) is 8.31. The minimum Gasteiger partial charge on any atom is -0.508 e. The number of nitrogens with two attached hydrogens (primary N) is 2. The fourth-order valence-electron chi connectivity index (χ4n) is 3.73. The van der Waals surface area contributed by atoms with Gasteiger partial charge in [0.25, 0.3) is 0 Å². The van der Waals surface area contributed by atoms with Gasteiger partial charge in [0, 0.05) is 19.4 Å². The first-order chi connectivity index (χ1) is 16.5. The van der Waals surface area contributed by atoms with Gasteiger partial charge < -0.3 is 42.3 Å². The first-order valence-electron chi connectivity index (χ1n) is 11.1. The molecule has 1 aliphatic rings. The molecule has 192 valence electrons. The maximum absolute atomic E-state index is 13.4. The van der Waals surface area contributed by atoms with Crippen molar-refractivity contribution >= 4 is 29.6 Å². The van der Waals surface area contributed by atoms with Crippen LogP contribution in [-0.4, -0.2) is 87.1 Å². The summed E-state index contributed by atoms with van der Waals surface area (Å²) in [5.41, 5.74) is 11.5. The maximum Gasteiger partial charge on any atom is 0.328 e. The van der Waals surface area contributed by atoms with Gasteiger partial charge in [0.05, 0.1) is 12.6 Å². The van der Waals surface area contributed by atoms with Gasteiger partial charge in [0.1, 0.15) is 23.9 Å². The molecule has 1 fully saturated rings. The number of nitrogens with one attached hydrogen (secondary N) is 2. The first kappa shape index (κ1) is 27.5. The van der Waals surface area contributed by atoms with E-state index in [0.717, 1.165) is 0 Å². The Hall–Kier alpha value is -3.71. The van der Waals surface area contributed by atoms with Crippen molar-refractivity contribution in [3.05, 3.63) is 29.8 Å². The topological polar surface area (TPSA) is 225 Å². The van der Waals surface area contributed by atoms with E-state index >= 15 is 0 Å². The van der Waals surface area contributed by atoms with Crippen LogP contribution in [0.15, 0.2) is 24.3 Å². The van der Waals surface area contributed by atoms with E-state index in [2.05, 4.69) is 10.6 Å². The zero-order valence-electron chi connectivity index (χ0n) is 19.1. The van der Waals surface area contributed by atoms with Crippen LogP contribution in [0.3, 0.4) is 0 Å². The number of amides is 4. The minimum absolute atomic E-state index is 0.0160. The molecule has 4 atom stereocenters. The van der Waals surface area contributed by atoms with Crippen molar-refractivity contribution in [3.63, 3.8) is 0 Å². The highest BCUT2D eigenvalue weighted by Gasteiger charge is 2.39. The van der Waals surface area contributed by atoms with Crippen LogP contribution < -0.4 is 22.1 Å². The summed E-state index contributed by atoms with van der Waals surface area (Å²) in [6, 6.07) is 1.25. The minimum atomic E-state index is -1.52. The molecule has 0 spiro atoms. The van der Waals surface area contributed by atoms with Crippen LogP contribution in [0, 0.1) is 0 Å². The van der Waals surface area contributed by atoms with E-state index in [4.69, 9.17) is 16.6 Å². The molecule has 1 aromatic rings. The van der Waals surface area contributed by atoms with E-state index in [9.17, 15) is 34.2 Å². The predicted octanol–water partition coefficient (Wildman–Crippen LogP) is -2.43. The molecule has 1 aliphatic heterocycles. The number of aliphatic hydroxyl groups excluding tert-OH is 1. The number of aliphatic hydroxyl groups is 1. The van der Waals surface area contributed by atoms with Gasteiger partial charge in [-0.2, -0.15) is 0 Å². The van der Waals surface area contributed by atoms with Gasteiger partial charge in [-0.05, 0) is 37.0 Å². The average Bonchev–Trinajstić information content (AvgIpc) is 3.31. The van der Waals surface area contributed by atoms with Crippen LogP contribution in [0.25, 0.3) is 0 Å². The van der Waals surface area contributed by atoms with Crippen LogP contribution >= 0.6 is 0 Å². The molecule has 0 saturated carbocycles. The highest BCUT2D eigenvalue weighted by atomic mass is 16.4. The molecule has 0 radical (unpaired) electrons. The Morgan fingerprint density at radius 3 is 2.31 bits per heavy atom. The Balaban J connectivity index is 2.21. The van der Waals surface area contributed by atoms with Crippen LogP contribution in [-0.2, 0) is 30.4 Å². The number of carbonyl (C=O) groups excluding carboxylic acids is 4. The van der Waals surface area contributed by atoms with Gasteiger partial charge in [-0.15, -0.1) is 0 Å². The van der Waals surface area contributed by atoms with E-state index in [1.54, 1.807) is 12.1 Å². The van der Waals surface area contributed by atoms with Crippen LogP contribution in [0.2, 0.25) is 0 Å². The number of hydrogen-bond acceptors (Lipinski definition) is 8. The Morgan fingerprint density at radius 1 is 1.09 bits per heavy atom. The first-order valence-corrected chi connectivity index (χ1v) is 11.1. The quantitative estimate of drug-likeness (QED) is 0.164. The molecule has 13 nitrogen and oxygen atoms in total. The molecule has 4 unspecified atom stereocenters. The summed E-state index contributed by atoms with van der Waals surface area (Å²) in [5.74, 6) is -4.03. The van der Waals surface area contributed by atoms with Gasteiger partial charge >= 0.3 is 5.97 Å². The molecule has 35 heavy (non-hydrogen) atoms. The summed E-state index contributed by atoms with van der Waals surface area (Å²) < 4.78 is 0. The average molecular weight is 494 g/mol. The third-order valence-electron chi connectivity index (χ3n) is 5.66. The monoisotopic (exact) mass is 493 g/mol. The fraction of sp³-hybridized carbons (Fsp3) is 0.500. The summed E-state index contributed by atoms with van der Waals surface area (Å²) in [6.07, 6.45) is 0.627. The SMILES string of the molecule is NC(=O)CCC(N)C(=O)NC(Cc1ccc(O)cc1)C(=O)N1CCCC1C(=O)NC(CO)C(=O)O. The summed E-state index contributed by atoms with van der Waals surface area (Å²) in [5, 5.41) is 32.6. The van der Waals surface area contributed by atoms with Gasteiger partial charge in [-0.3, -0.25) is 19.2 Å². The number of phenols is 1. The van der Waals surface area contributed by atoms with Crippen molar-refractivity contribution in [2.24, 2.45) is 11.5 Å². The Morgan fingerprint density at radius 2 is 1.74 bits per heavy atom. The molecule has 0 bridgehead atoms. The molecule has 1 heterocycles. The van der Waals surface area contributed by atoms with Crippen molar-refractivity contribution in [1.82, 2.24) is 15.5 Å². The Labute approximate surface area is 201 Å². The molecule has 1 saturated heterocycles. The van der Waals surface area contributed by atoms with E-state index in [1.165, 1.54) is 17.0 Å². The van der Waals surface area contributed by atoms with Crippen LogP contribution in [0.1, 0.15) is 31.2 Å². The summed E-state index contributed by atoms with van der Waals surface area (Å²) in [6.45, 7) is -0.617. The number of aromatic hydroxyl groups is 1. The number of primary amides is 1. The largest absolute Gasteiger partial charge is 0.508 e. The summed E-state index contributed by atoms with van der Waals surface area (Å²) in [4.78, 5) is 62.2. The smallest absolute Gasteiger partial charge is 0.328 e. The molecule has 4 amide bonds. The lowest BCUT2D eigenvalue weighted by molar-refractivity contribution is -0.145. The second-order valence-corrected chi connectivity index (χ2v) is 8.31. The van der Waals surface area contributed by atoms with Crippen molar-refractivity contribution in [2.75, 3.05) is 13.2 Å². The molecule has 1 aromatic carbocycles. The molecule has 0 aliphatic carbocycles. The maximum atomic E-state index is 13.4. The zero-order valence-corrected chi connectivity index (χ0v) is 19.1. The number of nitrogens with zero attached hydrogens (tertiary/aromatic N) is 1. The normalized spacial score (nSPS) is 17.8.